The molecule has 2 N–H and O–H groups in total. The third-order valence-electron chi connectivity index (χ3n) is 2.84. The van der Waals surface area contributed by atoms with Gasteiger partial charge in [0.1, 0.15) is 10.7 Å². The van der Waals surface area contributed by atoms with Gasteiger partial charge in [-0.3, -0.25) is 4.72 Å². The Morgan fingerprint density at radius 2 is 1.95 bits per heavy atom. The monoisotopic (exact) mass is 329 g/mol. The number of benzene rings is 2. The van der Waals surface area contributed by atoms with Crippen LogP contribution in [0.5, 0.6) is 0 Å². The van der Waals surface area contributed by atoms with Gasteiger partial charge >= 0.3 is 0 Å². The zero-order valence-electron chi connectivity index (χ0n) is 11.1. The minimum atomic E-state index is -4.10. The van der Waals surface area contributed by atoms with Gasteiger partial charge in [-0.25, -0.2) is 12.8 Å². The third-order valence-corrected chi connectivity index (χ3v) is 4.55. The zero-order chi connectivity index (χ0) is 15.6. The lowest BCUT2D eigenvalue weighted by atomic mass is 10.2. The zero-order valence-corrected chi connectivity index (χ0v) is 12.7. The maximum absolute atomic E-state index is 13.8. The van der Waals surface area contributed by atoms with E-state index in [4.69, 9.17) is 16.7 Å². The Balaban J connectivity index is 2.38. The van der Waals surface area contributed by atoms with Crippen LogP contribution in [0.15, 0.2) is 41.3 Å². The molecule has 0 fully saturated rings. The van der Waals surface area contributed by atoms with Crippen LogP contribution in [-0.2, 0) is 16.6 Å². The Morgan fingerprint density at radius 1 is 1.24 bits per heavy atom. The van der Waals surface area contributed by atoms with Gasteiger partial charge in [0.2, 0.25) is 0 Å². The van der Waals surface area contributed by atoms with E-state index in [1.807, 2.05) is 6.92 Å². The smallest absolute Gasteiger partial charge is 0.264 e. The minimum absolute atomic E-state index is 0.174. The molecule has 0 saturated heterocycles. The van der Waals surface area contributed by atoms with Crippen LogP contribution >= 0.6 is 11.6 Å². The predicted molar refractivity (Wildman–Crippen MR) is 79.3 cm³/mol. The highest BCUT2D eigenvalue weighted by Crippen LogP contribution is 2.26. The number of nitrogens with one attached hydrogen (secondary N) is 1. The van der Waals surface area contributed by atoms with Gasteiger partial charge in [0.25, 0.3) is 10.0 Å². The molecule has 0 aromatic heterocycles. The standard InChI is InChI=1S/C14H13ClFNO3S/c1-9-2-4-13(11(15)6-9)17-21(19,20)14-5-3-10(8-18)7-12(14)16/h2-7,17-18H,8H2,1H3. The first-order valence-corrected chi connectivity index (χ1v) is 7.88. The van der Waals surface area contributed by atoms with Crippen molar-refractivity contribution >= 4 is 27.3 Å². The van der Waals surface area contributed by atoms with Crippen molar-refractivity contribution in [3.63, 3.8) is 0 Å². The average Bonchev–Trinajstić information content (AvgIpc) is 2.41. The summed E-state index contributed by atoms with van der Waals surface area (Å²) in [6, 6.07) is 8.22. The maximum atomic E-state index is 13.8. The first kappa shape index (κ1) is 15.8. The molecule has 0 radical (unpaired) electrons. The van der Waals surface area contributed by atoms with E-state index in [-0.39, 0.29) is 17.3 Å². The number of anilines is 1. The average molecular weight is 330 g/mol. The summed E-state index contributed by atoms with van der Waals surface area (Å²) in [6.07, 6.45) is 0. The van der Waals surface area contributed by atoms with Crippen molar-refractivity contribution in [1.82, 2.24) is 0 Å². The summed E-state index contributed by atoms with van der Waals surface area (Å²) in [5.41, 5.74) is 1.34. The molecule has 2 aromatic rings. The third kappa shape index (κ3) is 3.53. The molecule has 0 amide bonds. The number of aliphatic hydroxyl groups excluding tert-OH is 1. The van der Waals surface area contributed by atoms with Crippen LogP contribution in [0.4, 0.5) is 10.1 Å². The van der Waals surface area contributed by atoms with Crippen molar-refractivity contribution in [3.05, 3.63) is 58.4 Å². The molecule has 112 valence electrons. The fraction of sp³-hybridized carbons (Fsp3) is 0.143. The van der Waals surface area contributed by atoms with Gasteiger partial charge in [-0.05, 0) is 42.3 Å². The Labute approximate surface area is 127 Å². The summed E-state index contributed by atoms with van der Waals surface area (Å²) in [5.74, 6) is -0.933. The Hall–Kier alpha value is -1.63. The largest absolute Gasteiger partial charge is 0.392 e. The number of sulfonamides is 1. The lowest BCUT2D eigenvalue weighted by Gasteiger charge is -2.11. The molecule has 0 spiro atoms. The highest BCUT2D eigenvalue weighted by atomic mass is 35.5. The summed E-state index contributed by atoms with van der Waals surface area (Å²) in [6.45, 7) is 1.45. The molecule has 0 atom stereocenters. The molecule has 0 heterocycles. The molecule has 0 saturated carbocycles. The Morgan fingerprint density at radius 3 is 2.52 bits per heavy atom. The van der Waals surface area contributed by atoms with Crippen LogP contribution in [-0.4, -0.2) is 13.5 Å². The van der Waals surface area contributed by atoms with Gasteiger partial charge < -0.3 is 5.11 Å². The Bertz CT molecular complexity index is 778. The van der Waals surface area contributed by atoms with E-state index in [0.717, 1.165) is 17.7 Å². The number of rotatable bonds is 4. The lowest BCUT2D eigenvalue weighted by Crippen LogP contribution is -2.15. The molecule has 2 aromatic carbocycles. The molecule has 4 nitrogen and oxygen atoms in total. The summed E-state index contributed by atoms with van der Waals surface area (Å²) < 4.78 is 40.5. The van der Waals surface area contributed by atoms with E-state index in [0.29, 0.717) is 5.56 Å². The summed E-state index contributed by atoms with van der Waals surface area (Å²) >= 11 is 5.96. The molecule has 0 unspecified atom stereocenters. The molecule has 0 aliphatic carbocycles. The minimum Gasteiger partial charge on any atom is -0.392 e. The van der Waals surface area contributed by atoms with E-state index in [2.05, 4.69) is 4.72 Å². The number of hydrogen-bond donors (Lipinski definition) is 2. The van der Waals surface area contributed by atoms with Crippen LogP contribution in [0.1, 0.15) is 11.1 Å². The van der Waals surface area contributed by atoms with Crippen molar-refractivity contribution in [3.8, 4) is 0 Å². The van der Waals surface area contributed by atoms with E-state index >= 15 is 0 Å². The summed E-state index contributed by atoms with van der Waals surface area (Å²) in [5, 5.41) is 9.13. The van der Waals surface area contributed by atoms with Crippen molar-refractivity contribution in [2.24, 2.45) is 0 Å². The topological polar surface area (TPSA) is 66.4 Å². The van der Waals surface area contributed by atoms with Crippen molar-refractivity contribution in [2.75, 3.05) is 4.72 Å². The number of hydrogen-bond acceptors (Lipinski definition) is 3. The lowest BCUT2D eigenvalue weighted by molar-refractivity contribution is 0.281. The second kappa shape index (κ2) is 6.01. The SMILES string of the molecule is Cc1ccc(NS(=O)(=O)c2ccc(CO)cc2F)c(Cl)c1. The first-order valence-electron chi connectivity index (χ1n) is 6.02. The quantitative estimate of drug-likeness (QED) is 0.906. The Kier molecular flexibility index (Phi) is 4.51. The predicted octanol–water partition coefficient (Wildman–Crippen LogP) is 3.08. The fourth-order valence-corrected chi connectivity index (χ4v) is 3.24. The van der Waals surface area contributed by atoms with Crippen LogP contribution in [0.2, 0.25) is 5.02 Å². The fourth-order valence-electron chi connectivity index (χ4n) is 1.76. The molecular weight excluding hydrogens is 317 g/mol. The van der Waals surface area contributed by atoms with Crippen LogP contribution in [0.25, 0.3) is 0 Å². The number of aliphatic hydroxyl groups is 1. The van der Waals surface area contributed by atoms with E-state index in [1.54, 1.807) is 12.1 Å². The van der Waals surface area contributed by atoms with Gasteiger partial charge in [-0.1, -0.05) is 23.7 Å². The molecule has 0 aliphatic rings. The molecule has 2 rings (SSSR count). The summed E-state index contributed by atoms with van der Waals surface area (Å²) in [7, 11) is -4.10. The highest BCUT2D eigenvalue weighted by molar-refractivity contribution is 7.92. The van der Waals surface area contributed by atoms with Crippen LogP contribution < -0.4 is 4.72 Å². The van der Waals surface area contributed by atoms with E-state index in [9.17, 15) is 12.8 Å². The second-order valence-electron chi connectivity index (χ2n) is 4.51. The second-order valence-corrected chi connectivity index (χ2v) is 6.57. The molecule has 7 heteroatoms. The molecule has 0 bridgehead atoms. The maximum Gasteiger partial charge on any atom is 0.264 e. The van der Waals surface area contributed by atoms with Gasteiger partial charge in [0.05, 0.1) is 17.3 Å². The van der Waals surface area contributed by atoms with Crippen molar-refractivity contribution in [1.29, 1.82) is 0 Å². The van der Waals surface area contributed by atoms with Crippen LogP contribution in [0, 0.1) is 12.7 Å². The van der Waals surface area contributed by atoms with E-state index < -0.39 is 20.7 Å². The number of aryl methyl sites for hydroxylation is 1. The first-order chi connectivity index (χ1) is 9.83. The highest BCUT2D eigenvalue weighted by Gasteiger charge is 2.20. The van der Waals surface area contributed by atoms with Gasteiger partial charge in [0.15, 0.2) is 0 Å². The van der Waals surface area contributed by atoms with Crippen molar-refractivity contribution < 1.29 is 17.9 Å². The summed E-state index contributed by atoms with van der Waals surface area (Å²) in [4.78, 5) is -0.503. The van der Waals surface area contributed by atoms with Crippen molar-refractivity contribution in [2.45, 2.75) is 18.4 Å². The molecule has 0 aliphatic heterocycles. The van der Waals surface area contributed by atoms with Gasteiger partial charge in [-0.2, -0.15) is 0 Å². The van der Waals surface area contributed by atoms with E-state index in [1.165, 1.54) is 12.1 Å². The normalized spacial score (nSPS) is 11.4. The van der Waals surface area contributed by atoms with Gasteiger partial charge in [0, 0.05) is 0 Å². The van der Waals surface area contributed by atoms with Crippen LogP contribution in [0.3, 0.4) is 0 Å². The van der Waals surface area contributed by atoms with Gasteiger partial charge in [-0.15, -0.1) is 0 Å². The number of halogens is 2. The molecular formula is C14H13ClFNO3S. The molecule has 21 heavy (non-hydrogen) atoms.